The van der Waals surface area contributed by atoms with Gasteiger partial charge >= 0.3 is 0 Å². The molecule has 13 heteroatoms. The number of piperazine rings is 1. The van der Waals surface area contributed by atoms with Crippen LogP contribution in [0.15, 0.2) is 17.6 Å². The van der Waals surface area contributed by atoms with Gasteiger partial charge in [0, 0.05) is 45.2 Å². The molecular weight excluding hydrogens is 438 g/mol. The van der Waals surface area contributed by atoms with E-state index in [9.17, 15) is 23.3 Å². The molecule has 5 atom stereocenters. The zero-order chi connectivity index (χ0) is 23.7. The van der Waals surface area contributed by atoms with Gasteiger partial charge in [-0.3, -0.25) is 24.8 Å². The maximum Gasteiger partial charge on any atom is 0.234 e. The average Bonchev–Trinajstić information content (AvgIpc) is 3.15. The Labute approximate surface area is 189 Å². The fraction of sp³-hybridized carbons (Fsp3) is 0.650. The summed E-state index contributed by atoms with van der Waals surface area (Å²) in [5, 5.41) is 8.37. The molecule has 4 N–H and O–H groups in total. The van der Waals surface area contributed by atoms with E-state index in [1.807, 2.05) is 0 Å². The topological polar surface area (TPSA) is 136 Å². The molecule has 4 rings (SSSR count). The SMILES string of the molecule is CN1CC(F)CNC1C(C(=O)Nc1cncc(F)c1N1CCN2C(=O)CCC2C1)C(N)N=O. The molecule has 3 aliphatic heterocycles. The Balaban J connectivity index is 1.56. The summed E-state index contributed by atoms with van der Waals surface area (Å²) in [4.78, 5) is 45.5. The van der Waals surface area contributed by atoms with Gasteiger partial charge in [-0.1, -0.05) is 5.18 Å². The maximum atomic E-state index is 14.9. The minimum Gasteiger partial charge on any atom is -0.364 e. The zero-order valence-corrected chi connectivity index (χ0v) is 18.3. The molecule has 4 heterocycles. The second kappa shape index (κ2) is 9.61. The summed E-state index contributed by atoms with van der Waals surface area (Å²) in [6.07, 6.45) is 0.291. The summed E-state index contributed by atoms with van der Waals surface area (Å²) < 4.78 is 28.6. The average molecular weight is 466 g/mol. The molecule has 0 aromatic carbocycles. The molecule has 0 saturated carbocycles. The van der Waals surface area contributed by atoms with Crippen molar-refractivity contribution in [1.29, 1.82) is 0 Å². The molecule has 5 unspecified atom stereocenters. The summed E-state index contributed by atoms with van der Waals surface area (Å²) >= 11 is 0. The molecule has 3 aliphatic rings. The van der Waals surface area contributed by atoms with Crippen molar-refractivity contribution in [3.63, 3.8) is 0 Å². The highest BCUT2D eigenvalue weighted by Crippen LogP contribution is 2.33. The van der Waals surface area contributed by atoms with Gasteiger partial charge in [0.15, 0.2) is 12.0 Å². The Morgan fingerprint density at radius 3 is 2.88 bits per heavy atom. The number of pyridine rings is 1. The minimum absolute atomic E-state index is 0.00151. The normalized spacial score (nSPS) is 27.8. The molecule has 1 aromatic heterocycles. The lowest BCUT2D eigenvalue weighted by atomic mass is 9.98. The van der Waals surface area contributed by atoms with Crippen molar-refractivity contribution in [3.8, 4) is 0 Å². The number of hydrogen-bond donors (Lipinski definition) is 3. The third-order valence-corrected chi connectivity index (χ3v) is 6.58. The molecule has 1 aromatic rings. The summed E-state index contributed by atoms with van der Waals surface area (Å²) in [7, 11) is 1.61. The van der Waals surface area contributed by atoms with Crippen molar-refractivity contribution in [3.05, 3.63) is 23.1 Å². The summed E-state index contributed by atoms with van der Waals surface area (Å²) in [6.45, 7) is 1.35. The monoisotopic (exact) mass is 466 g/mol. The number of carbonyl (C=O) groups excluding carboxylic acids is 2. The van der Waals surface area contributed by atoms with Gasteiger partial charge in [0.1, 0.15) is 17.8 Å². The number of rotatable bonds is 6. The van der Waals surface area contributed by atoms with Crippen LogP contribution in [0.2, 0.25) is 0 Å². The summed E-state index contributed by atoms with van der Waals surface area (Å²) in [5.41, 5.74) is 6.14. The molecule has 33 heavy (non-hydrogen) atoms. The highest BCUT2D eigenvalue weighted by atomic mass is 19.1. The fourth-order valence-electron chi connectivity index (χ4n) is 4.97. The van der Waals surface area contributed by atoms with Gasteiger partial charge in [-0.15, -0.1) is 4.91 Å². The number of fused-ring (bicyclic) bond motifs is 1. The van der Waals surface area contributed by atoms with Crippen molar-refractivity contribution in [2.24, 2.45) is 16.8 Å². The molecular formula is C20H28F2N8O3. The summed E-state index contributed by atoms with van der Waals surface area (Å²) in [6, 6.07) is -0.0171. The Bertz CT molecular complexity index is 921. The first kappa shape index (κ1) is 23.4. The number of nitroso groups, excluding NO2 is 1. The summed E-state index contributed by atoms with van der Waals surface area (Å²) in [5.74, 6) is -2.33. The maximum absolute atomic E-state index is 14.9. The Morgan fingerprint density at radius 2 is 2.15 bits per heavy atom. The predicted octanol–water partition coefficient (Wildman–Crippen LogP) is -0.163. The largest absolute Gasteiger partial charge is 0.364 e. The van der Waals surface area contributed by atoms with Crippen molar-refractivity contribution in [1.82, 2.24) is 20.1 Å². The van der Waals surface area contributed by atoms with Gasteiger partial charge in [-0.25, -0.2) is 8.78 Å². The first-order valence-electron chi connectivity index (χ1n) is 10.9. The standard InChI is InChI=1S/C20H28F2N8O3/c1-28-9-11(21)6-25-19(28)16(18(23)27-33)20(32)26-14-8-24-7-13(22)17(14)29-4-5-30-12(10-29)2-3-15(30)31/h7-8,11-12,16,18-19,25H,2-6,9-10,23H2,1H3,(H,26,32). The van der Waals surface area contributed by atoms with Crippen LogP contribution >= 0.6 is 0 Å². The van der Waals surface area contributed by atoms with Crippen LogP contribution in [0.5, 0.6) is 0 Å². The van der Waals surface area contributed by atoms with Crippen molar-refractivity contribution < 1.29 is 18.4 Å². The van der Waals surface area contributed by atoms with E-state index in [1.165, 1.54) is 6.20 Å². The van der Waals surface area contributed by atoms with Gasteiger partial charge in [0.2, 0.25) is 11.8 Å². The fourth-order valence-corrected chi connectivity index (χ4v) is 4.97. The number of nitrogens with one attached hydrogen (secondary N) is 2. The van der Waals surface area contributed by atoms with E-state index >= 15 is 0 Å². The number of nitrogens with zero attached hydrogens (tertiary/aromatic N) is 5. The minimum atomic E-state index is -1.40. The first-order valence-corrected chi connectivity index (χ1v) is 10.9. The van der Waals surface area contributed by atoms with Crippen LogP contribution in [0.25, 0.3) is 0 Å². The highest BCUT2D eigenvalue weighted by molar-refractivity contribution is 5.96. The smallest absolute Gasteiger partial charge is 0.234 e. The van der Waals surface area contributed by atoms with Crippen LogP contribution in [0.4, 0.5) is 20.2 Å². The van der Waals surface area contributed by atoms with Crippen LogP contribution in [-0.2, 0) is 9.59 Å². The van der Waals surface area contributed by atoms with Gasteiger partial charge in [-0.05, 0) is 13.5 Å². The number of halogens is 2. The van der Waals surface area contributed by atoms with E-state index in [4.69, 9.17) is 5.73 Å². The highest BCUT2D eigenvalue weighted by Gasteiger charge is 2.41. The molecule has 0 spiro atoms. The molecule has 0 bridgehead atoms. The van der Waals surface area contributed by atoms with E-state index < -0.39 is 36.1 Å². The quantitative estimate of drug-likeness (QED) is 0.492. The van der Waals surface area contributed by atoms with E-state index in [0.29, 0.717) is 32.5 Å². The van der Waals surface area contributed by atoms with E-state index in [2.05, 4.69) is 20.8 Å². The van der Waals surface area contributed by atoms with E-state index in [0.717, 1.165) is 6.20 Å². The number of carbonyl (C=O) groups is 2. The van der Waals surface area contributed by atoms with Crippen LogP contribution in [0.1, 0.15) is 12.8 Å². The zero-order valence-electron chi connectivity index (χ0n) is 18.3. The van der Waals surface area contributed by atoms with Gasteiger partial charge < -0.3 is 20.9 Å². The second-order valence-electron chi connectivity index (χ2n) is 8.74. The molecule has 0 radical (unpaired) electrons. The molecule has 0 aliphatic carbocycles. The van der Waals surface area contributed by atoms with Crippen LogP contribution in [-0.4, -0.2) is 90.9 Å². The molecule has 11 nitrogen and oxygen atoms in total. The van der Waals surface area contributed by atoms with Gasteiger partial charge in [0.05, 0.1) is 24.2 Å². The molecule has 2 amide bonds. The number of anilines is 2. The first-order chi connectivity index (χ1) is 15.8. The lowest BCUT2D eigenvalue weighted by Crippen LogP contribution is -2.62. The third-order valence-electron chi connectivity index (χ3n) is 6.58. The number of alkyl halides is 1. The van der Waals surface area contributed by atoms with Crippen LogP contribution in [0.3, 0.4) is 0 Å². The van der Waals surface area contributed by atoms with Gasteiger partial charge in [0.25, 0.3) is 0 Å². The molecule has 3 fully saturated rings. The van der Waals surface area contributed by atoms with E-state index in [1.54, 1.807) is 21.7 Å². The lowest BCUT2D eigenvalue weighted by molar-refractivity contribution is -0.129. The lowest BCUT2D eigenvalue weighted by Gasteiger charge is -2.40. The third kappa shape index (κ3) is 4.66. The van der Waals surface area contributed by atoms with E-state index in [-0.39, 0.29) is 36.4 Å². The Kier molecular flexibility index (Phi) is 6.81. The van der Waals surface area contributed by atoms with Gasteiger partial charge in [-0.2, -0.15) is 0 Å². The number of aromatic nitrogens is 1. The number of amides is 2. The van der Waals surface area contributed by atoms with Crippen LogP contribution in [0, 0.1) is 16.6 Å². The Hall–Kier alpha value is -2.77. The van der Waals surface area contributed by atoms with Crippen LogP contribution < -0.4 is 21.3 Å². The number of hydrogen-bond acceptors (Lipinski definition) is 9. The molecule has 180 valence electrons. The second-order valence-corrected chi connectivity index (χ2v) is 8.74. The Morgan fingerprint density at radius 1 is 1.36 bits per heavy atom. The molecule has 3 saturated heterocycles. The predicted molar refractivity (Wildman–Crippen MR) is 116 cm³/mol. The number of nitrogens with two attached hydrogens (primary N) is 1. The van der Waals surface area contributed by atoms with Crippen molar-refractivity contribution >= 4 is 23.2 Å². The van der Waals surface area contributed by atoms with Crippen molar-refractivity contribution in [2.45, 2.75) is 37.4 Å². The van der Waals surface area contributed by atoms with Crippen molar-refractivity contribution in [2.75, 3.05) is 50.0 Å².